The summed E-state index contributed by atoms with van der Waals surface area (Å²) in [5, 5.41) is 14.0. The molecule has 0 aromatic heterocycles. The van der Waals surface area contributed by atoms with E-state index in [-0.39, 0.29) is 29.4 Å². The number of anilines is 1. The highest BCUT2D eigenvalue weighted by Crippen LogP contribution is 2.17. The first-order valence-electron chi connectivity index (χ1n) is 6.23. The molecule has 6 nitrogen and oxygen atoms in total. The number of nitrogens with one attached hydrogen (secondary N) is 1. The number of ether oxygens (including phenoxy) is 1. The molecule has 7 heteroatoms. The monoisotopic (exact) mass is 283 g/mol. The van der Waals surface area contributed by atoms with E-state index in [4.69, 9.17) is 15.7 Å². The Balaban J connectivity index is 2.69. The Morgan fingerprint density at radius 3 is 2.90 bits per heavy atom. The van der Waals surface area contributed by atoms with Crippen molar-refractivity contribution in [2.45, 2.75) is 19.8 Å². The molecule has 0 radical (unpaired) electrons. The van der Waals surface area contributed by atoms with Crippen molar-refractivity contribution < 1.29 is 19.1 Å². The van der Waals surface area contributed by atoms with Gasteiger partial charge in [0.1, 0.15) is 5.82 Å². The van der Waals surface area contributed by atoms with E-state index >= 15 is 0 Å². The molecule has 0 spiro atoms. The molecule has 0 bridgehead atoms. The Labute approximate surface area is 116 Å². The fourth-order valence-corrected chi connectivity index (χ4v) is 1.52. The molecule has 20 heavy (non-hydrogen) atoms. The molecule has 0 aliphatic heterocycles. The van der Waals surface area contributed by atoms with Gasteiger partial charge in [0.2, 0.25) is 5.91 Å². The molecule has 1 aromatic rings. The minimum absolute atomic E-state index is 0.121. The molecule has 0 saturated carbocycles. The third-order valence-corrected chi connectivity index (χ3v) is 2.46. The Morgan fingerprint density at radius 2 is 2.25 bits per heavy atom. The number of nitrogens with zero attached hydrogens (tertiary/aromatic N) is 1. The number of benzene rings is 1. The van der Waals surface area contributed by atoms with Gasteiger partial charge in [-0.05, 0) is 24.6 Å². The Morgan fingerprint density at radius 1 is 1.50 bits per heavy atom. The minimum atomic E-state index is -0.545. The molecule has 1 rings (SSSR count). The number of nitrogens with two attached hydrogens (primary N) is 1. The van der Waals surface area contributed by atoms with Crippen molar-refractivity contribution in [3.05, 3.63) is 29.6 Å². The number of hydrogen-bond acceptors (Lipinski definition) is 4. The smallest absolute Gasteiger partial charge is 0.226 e. The number of hydrogen-bond donors (Lipinski definition) is 3. The maximum atomic E-state index is 13.1. The third-order valence-electron chi connectivity index (χ3n) is 2.46. The van der Waals surface area contributed by atoms with Gasteiger partial charge in [0.05, 0.1) is 18.7 Å². The van der Waals surface area contributed by atoms with Gasteiger partial charge < -0.3 is 21.0 Å². The van der Waals surface area contributed by atoms with Gasteiger partial charge in [0, 0.05) is 12.2 Å². The summed E-state index contributed by atoms with van der Waals surface area (Å²) in [7, 11) is 0. The molecule has 0 unspecified atom stereocenters. The average Bonchev–Trinajstić information content (AvgIpc) is 2.44. The first kappa shape index (κ1) is 15.9. The predicted octanol–water partition coefficient (Wildman–Crippen LogP) is 1.68. The lowest BCUT2D eigenvalue weighted by molar-refractivity contribution is -0.117. The lowest BCUT2D eigenvalue weighted by atomic mass is 10.1. The van der Waals surface area contributed by atoms with Crippen molar-refractivity contribution in [1.29, 1.82) is 0 Å². The summed E-state index contributed by atoms with van der Waals surface area (Å²) in [5.74, 6) is -1.11. The second kappa shape index (κ2) is 8.11. The van der Waals surface area contributed by atoms with E-state index in [1.165, 1.54) is 12.1 Å². The first-order chi connectivity index (χ1) is 9.58. The predicted molar refractivity (Wildman–Crippen MR) is 73.3 cm³/mol. The first-order valence-corrected chi connectivity index (χ1v) is 6.23. The molecule has 1 aromatic carbocycles. The Bertz CT molecular complexity index is 492. The van der Waals surface area contributed by atoms with Gasteiger partial charge in [0.25, 0.3) is 0 Å². The zero-order chi connectivity index (χ0) is 15.0. The van der Waals surface area contributed by atoms with Crippen LogP contribution in [0.4, 0.5) is 10.1 Å². The van der Waals surface area contributed by atoms with E-state index < -0.39 is 5.82 Å². The molecule has 0 aliphatic rings. The van der Waals surface area contributed by atoms with Gasteiger partial charge in [-0.1, -0.05) is 12.1 Å². The van der Waals surface area contributed by atoms with Gasteiger partial charge in [-0.15, -0.1) is 0 Å². The topological polar surface area (TPSA) is 96.9 Å². The van der Waals surface area contributed by atoms with Crippen LogP contribution in [-0.2, 0) is 9.53 Å². The fraction of sp³-hybridized carbons (Fsp3) is 0.385. The number of halogens is 1. The molecule has 4 N–H and O–H groups in total. The van der Waals surface area contributed by atoms with E-state index in [1.807, 2.05) is 6.92 Å². The van der Waals surface area contributed by atoms with Crippen LogP contribution < -0.4 is 11.1 Å². The number of rotatable bonds is 7. The Hall–Kier alpha value is -2.15. The highest BCUT2D eigenvalue weighted by atomic mass is 19.1. The van der Waals surface area contributed by atoms with Crippen molar-refractivity contribution in [3.8, 4) is 0 Å². The molecule has 0 fully saturated rings. The molecular weight excluding hydrogens is 265 g/mol. The van der Waals surface area contributed by atoms with Crippen molar-refractivity contribution in [3.63, 3.8) is 0 Å². The van der Waals surface area contributed by atoms with E-state index in [1.54, 1.807) is 0 Å². The van der Waals surface area contributed by atoms with Gasteiger partial charge >= 0.3 is 0 Å². The van der Waals surface area contributed by atoms with Gasteiger partial charge in [-0.25, -0.2) is 4.39 Å². The second-order valence-electron chi connectivity index (χ2n) is 4.09. The van der Waals surface area contributed by atoms with Crippen LogP contribution in [0, 0.1) is 5.82 Å². The largest absolute Gasteiger partial charge is 0.409 e. The molecule has 0 aliphatic carbocycles. The van der Waals surface area contributed by atoms with Gasteiger partial charge in [0.15, 0.2) is 5.84 Å². The molecule has 0 atom stereocenters. The van der Waals surface area contributed by atoms with Crippen LogP contribution in [0.3, 0.4) is 0 Å². The summed E-state index contributed by atoms with van der Waals surface area (Å²) in [6.45, 7) is 2.88. The summed E-state index contributed by atoms with van der Waals surface area (Å²) in [5.41, 5.74) is 5.84. The van der Waals surface area contributed by atoms with Gasteiger partial charge in [-0.3, -0.25) is 4.79 Å². The minimum Gasteiger partial charge on any atom is -0.409 e. The lowest BCUT2D eigenvalue weighted by Crippen LogP contribution is -2.20. The average molecular weight is 283 g/mol. The van der Waals surface area contributed by atoms with Crippen LogP contribution in [0.25, 0.3) is 0 Å². The third kappa shape index (κ3) is 4.85. The van der Waals surface area contributed by atoms with Gasteiger partial charge in [-0.2, -0.15) is 0 Å². The highest BCUT2D eigenvalue weighted by Gasteiger charge is 2.11. The zero-order valence-electron chi connectivity index (χ0n) is 11.2. The summed E-state index contributed by atoms with van der Waals surface area (Å²) < 4.78 is 18.3. The number of carbonyl (C=O) groups excluding carboxylic acids is 1. The van der Waals surface area contributed by atoms with Crippen LogP contribution >= 0.6 is 0 Å². The fourth-order valence-electron chi connectivity index (χ4n) is 1.52. The van der Waals surface area contributed by atoms with E-state index in [9.17, 15) is 9.18 Å². The van der Waals surface area contributed by atoms with Crippen molar-refractivity contribution in [2.24, 2.45) is 10.9 Å². The second-order valence-corrected chi connectivity index (χ2v) is 4.09. The number of carbonyl (C=O) groups is 1. The quantitative estimate of drug-likeness (QED) is 0.233. The normalized spacial score (nSPS) is 11.4. The molecule has 1 amide bonds. The van der Waals surface area contributed by atoms with Crippen molar-refractivity contribution >= 4 is 17.4 Å². The molecule has 0 saturated heterocycles. The maximum absolute atomic E-state index is 13.1. The summed E-state index contributed by atoms with van der Waals surface area (Å²) in [6.07, 6.45) is 1.06. The summed E-state index contributed by atoms with van der Waals surface area (Å²) >= 11 is 0. The zero-order valence-corrected chi connectivity index (χ0v) is 11.2. The van der Waals surface area contributed by atoms with Crippen LogP contribution in [0.5, 0.6) is 0 Å². The maximum Gasteiger partial charge on any atom is 0.226 e. The summed E-state index contributed by atoms with van der Waals surface area (Å²) in [6, 6.07) is 3.61. The highest BCUT2D eigenvalue weighted by molar-refractivity contribution is 6.05. The standard InChI is InChI=1S/C13H18FN3O3/c1-2-6-20-7-5-12(18)16-11-4-3-9(14)8-10(11)13(15)17-19/h3-4,8,19H,2,5-7H2,1H3,(H2,15,17)(H,16,18). The van der Waals surface area contributed by atoms with Crippen LogP contribution in [0.15, 0.2) is 23.4 Å². The molecule has 0 heterocycles. The molecular formula is C13H18FN3O3. The van der Waals surface area contributed by atoms with Crippen LogP contribution in [0.2, 0.25) is 0 Å². The van der Waals surface area contributed by atoms with E-state index in [0.29, 0.717) is 13.2 Å². The van der Waals surface area contributed by atoms with E-state index in [2.05, 4.69) is 10.5 Å². The number of amides is 1. The van der Waals surface area contributed by atoms with Crippen LogP contribution in [0.1, 0.15) is 25.3 Å². The number of oxime groups is 1. The molecule has 110 valence electrons. The lowest BCUT2D eigenvalue weighted by Gasteiger charge is -2.10. The van der Waals surface area contributed by atoms with Crippen molar-refractivity contribution in [1.82, 2.24) is 0 Å². The SMILES string of the molecule is CCCOCCC(=O)Nc1ccc(F)cc1/C(N)=N/O. The van der Waals surface area contributed by atoms with E-state index in [0.717, 1.165) is 12.5 Å². The van der Waals surface area contributed by atoms with Crippen molar-refractivity contribution in [2.75, 3.05) is 18.5 Å². The Kier molecular flexibility index (Phi) is 6.45. The van der Waals surface area contributed by atoms with Crippen LogP contribution in [-0.4, -0.2) is 30.2 Å². The summed E-state index contributed by atoms with van der Waals surface area (Å²) in [4.78, 5) is 11.7. The number of amidine groups is 1.